The third-order valence-corrected chi connectivity index (χ3v) is 5.15. The maximum Gasteiger partial charge on any atom is 0.490 e. The van der Waals surface area contributed by atoms with Crippen LogP contribution in [0.15, 0.2) is 24.3 Å². The third kappa shape index (κ3) is 9.80. The van der Waals surface area contributed by atoms with Crippen molar-refractivity contribution in [3.05, 3.63) is 29.8 Å². The van der Waals surface area contributed by atoms with E-state index in [1.807, 2.05) is 13.8 Å². The Kier molecular flexibility index (Phi) is 11.5. The number of carboxylic acids is 1. The Hall–Kier alpha value is -3.11. The number of alkyl halides is 3. The molecule has 0 bridgehead atoms. The third-order valence-electron chi connectivity index (χ3n) is 5.15. The highest BCUT2D eigenvalue weighted by Crippen LogP contribution is 2.20. The Morgan fingerprint density at radius 2 is 1.62 bits per heavy atom. The van der Waals surface area contributed by atoms with Crippen molar-refractivity contribution in [2.75, 3.05) is 25.0 Å². The monoisotopic (exact) mass is 487 g/mol. The van der Waals surface area contributed by atoms with Crippen LogP contribution in [0.1, 0.15) is 56.8 Å². The molecule has 34 heavy (non-hydrogen) atoms. The average Bonchev–Trinajstić information content (AvgIpc) is 2.79. The summed E-state index contributed by atoms with van der Waals surface area (Å²) in [6, 6.07) is 6.98. The number of nitrogens with one attached hydrogen (secondary N) is 2. The van der Waals surface area contributed by atoms with Crippen molar-refractivity contribution in [1.82, 2.24) is 10.2 Å². The van der Waals surface area contributed by atoms with Crippen molar-refractivity contribution >= 4 is 29.4 Å². The largest absolute Gasteiger partial charge is 0.490 e. The number of carbonyl (C=O) groups excluding carboxylic acids is 3. The van der Waals surface area contributed by atoms with Gasteiger partial charge in [-0.05, 0) is 43.5 Å². The van der Waals surface area contributed by atoms with Crippen LogP contribution in [0.3, 0.4) is 0 Å². The van der Waals surface area contributed by atoms with Gasteiger partial charge in [0.1, 0.15) is 0 Å². The Morgan fingerprint density at radius 1 is 1.09 bits per heavy atom. The minimum Gasteiger partial charge on any atom is -0.475 e. The molecule has 0 aliphatic carbocycles. The summed E-state index contributed by atoms with van der Waals surface area (Å²) in [5.74, 6) is -2.81. The molecule has 2 rings (SSSR count). The van der Waals surface area contributed by atoms with Gasteiger partial charge in [-0.2, -0.15) is 13.2 Å². The summed E-state index contributed by atoms with van der Waals surface area (Å²) in [7, 11) is 0. The first-order chi connectivity index (χ1) is 15.9. The van der Waals surface area contributed by atoms with Crippen molar-refractivity contribution in [1.29, 1.82) is 0 Å². The number of carbonyl (C=O) groups is 4. The number of carboxylic acid groups (broad SMARTS) is 1. The molecule has 1 fully saturated rings. The number of hydrogen-bond acceptors (Lipinski definition) is 4. The maximum atomic E-state index is 12.7. The van der Waals surface area contributed by atoms with E-state index in [1.165, 1.54) is 0 Å². The number of piperidine rings is 1. The predicted octanol–water partition coefficient (Wildman–Crippen LogP) is 3.68. The fraction of sp³-hybridized carbons (Fsp3) is 0.565. The molecule has 0 saturated carbocycles. The van der Waals surface area contributed by atoms with Gasteiger partial charge in [-0.3, -0.25) is 14.4 Å². The molecule has 190 valence electrons. The molecule has 1 aliphatic rings. The number of nitrogens with zero attached hydrogens (tertiary/aromatic N) is 1. The first-order valence-corrected chi connectivity index (χ1v) is 11.1. The lowest BCUT2D eigenvalue weighted by Gasteiger charge is -2.31. The second-order valence-electron chi connectivity index (χ2n) is 8.24. The lowest BCUT2D eigenvalue weighted by Crippen LogP contribution is -2.43. The van der Waals surface area contributed by atoms with E-state index in [1.54, 1.807) is 29.2 Å². The van der Waals surface area contributed by atoms with Crippen molar-refractivity contribution < 1.29 is 37.5 Å². The van der Waals surface area contributed by atoms with E-state index < -0.39 is 12.1 Å². The van der Waals surface area contributed by atoms with Gasteiger partial charge in [-0.15, -0.1) is 0 Å². The molecule has 3 amide bonds. The maximum absolute atomic E-state index is 12.7. The number of anilines is 1. The quantitative estimate of drug-likeness (QED) is 0.508. The number of halogens is 3. The normalized spacial score (nSPS) is 14.1. The summed E-state index contributed by atoms with van der Waals surface area (Å²) in [6.45, 7) is 7.68. The van der Waals surface area contributed by atoms with Crippen molar-refractivity contribution in [3.63, 3.8) is 0 Å². The fourth-order valence-electron chi connectivity index (χ4n) is 3.04. The Morgan fingerprint density at radius 3 is 2.06 bits per heavy atom. The van der Waals surface area contributed by atoms with Gasteiger partial charge in [0.25, 0.3) is 5.91 Å². The molecular weight excluding hydrogens is 455 g/mol. The van der Waals surface area contributed by atoms with Gasteiger partial charge in [-0.1, -0.05) is 27.2 Å². The Labute approximate surface area is 196 Å². The minimum atomic E-state index is -5.08. The predicted molar refractivity (Wildman–Crippen MR) is 120 cm³/mol. The summed E-state index contributed by atoms with van der Waals surface area (Å²) in [5.41, 5.74) is 1.29. The fourth-order valence-corrected chi connectivity index (χ4v) is 3.04. The smallest absolute Gasteiger partial charge is 0.475 e. The number of benzene rings is 1. The molecule has 0 atom stereocenters. The van der Waals surface area contributed by atoms with E-state index in [9.17, 15) is 27.6 Å². The van der Waals surface area contributed by atoms with Gasteiger partial charge >= 0.3 is 12.1 Å². The molecule has 1 heterocycles. The Balaban J connectivity index is 0.000000718. The summed E-state index contributed by atoms with van der Waals surface area (Å²) in [6.07, 6.45) is -1.62. The second kappa shape index (κ2) is 13.6. The zero-order valence-corrected chi connectivity index (χ0v) is 19.6. The van der Waals surface area contributed by atoms with Crippen LogP contribution in [0, 0.1) is 11.8 Å². The molecule has 8 nitrogen and oxygen atoms in total. The standard InChI is InChI=1S/C21H31N3O3.C2HF3O2/c1-4-5-12-22-20(26)16-10-13-24(14-11-16)21(27)17-6-8-18(9-7-17)23-19(25)15(2)3;3-2(4,5)1(6)7/h6-9,15-16H,4-5,10-14H2,1-3H3,(H,22,26)(H,23,25);(H,6,7). The zero-order valence-electron chi connectivity index (χ0n) is 19.6. The van der Waals surface area contributed by atoms with E-state index in [0.29, 0.717) is 37.2 Å². The molecule has 0 unspecified atom stereocenters. The van der Waals surface area contributed by atoms with Crippen molar-refractivity contribution in [2.45, 2.75) is 52.6 Å². The molecule has 0 aromatic heterocycles. The van der Waals surface area contributed by atoms with Crippen LogP contribution in [-0.4, -0.2) is 59.5 Å². The molecule has 3 N–H and O–H groups in total. The summed E-state index contributed by atoms with van der Waals surface area (Å²) >= 11 is 0. The molecule has 0 radical (unpaired) electrons. The van der Waals surface area contributed by atoms with E-state index in [2.05, 4.69) is 17.6 Å². The number of likely N-dealkylation sites (tertiary alicyclic amines) is 1. The second-order valence-corrected chi connectivity index (χ2v) is 8.24. The first-order valence-electron chi connectivity index (χ1n) is 11.1. The highest BCUT2D eigenvalue weighted by molar-refractivity contribution is 5.96. The van der Waals surface area contributed by atoms with Crippen LogP contribution in [0.5, 0.6) is 0 Å². The number of hydrogen-bond donors (Lipinski definition) is 3. The molecule has 0 spiro atoms. The van der Waals surface area contributed by atoms with Crippen molar-refractivity contribution in [3.8, 4) is 0 Å². The van der Waals surface area contributed by atoms with E-state index in [4.69, 9.17) is 9.90 Å². The Bertz CT molecular complexity index is 833. The van der Waals surface area contributed by atoms with Gasteiger partial charge in [0.05, 0.1) is 0 Å². The van der Waals surface area contributed by atoms with Gasteiger partial charge < -0.3 is 20.6 Å². The van der Waals surface area contributed by atoms with Crippen LogP contribution >= 0.6 is 0 Å². The minimum absolute atomic E-state index is 0.000437. The van der Waals surface area contributed by atoms with Crippen LogP contribution in [-0.2, 0) is 14.4 Å². The molecule has 1 aliphatic heterocycles. The van der Waals surface area contributed by atoms with Crippen LogP contribution in [0.2, 0.25) is 0 Å². The van der Waals surface area contributed by atoms with Crippen LogP contribution < -0.4 is 10.6 Å². The van der Waals surface area contributed by atoms with Gasteiger partial charge in [-0.25, -0.2) is 4.79 Å². The lowest BCUT2D eigenvalue weighted by atomic mass is 9.95. The van der Waals surface area contributed by atoms with E-state index >= 15 is 0 Å². The topological polar surface area (TPSA) is 116 Å². The molecule has 1 aromatic rings. The summed E-state index contributed by atoms with van der Waals surface area (Å²) in [4.78, 5) is 47.2. The van der Waals surface area contributed by atoms with Crippen molar-refractivity contribution in [2.24, 2.45) is 11.8 Å². The summed E-state index contributed by atoms with van der Waals surface area (Å²) in [5, 5.41) is 12.9. The van der Waals surface area contributed by atoms with Gasteiger partial charge in [0.2, 0.25) is 11.8 Å². The number of unbranched alkanes of at least 4 members (excludes halogenated alkanes) is 1. The highest BCUT2D eigenvalue weighted by atomic mass is 19.4. The van der Waals surface area contributed by atoms with Gasteiger partial charge in [0.15, 0.2) is 0 Å². The molecule has 1 saturated heterocycles. The van der Waals surface area contributed by atoms with E-state index in [-0.39, 0.29) is 29.6 Å². The molecular formula is C23H32F3N3O5. The molecule has 1 aromatic carbocycles. The average molecular weight is 488 g/mol. The first kappa shape index (κ1) is 28.9. The number of amides is 3. The number of rotatable bonds is 7. The molecule has 11 heteroatoms. The van der Waals surface area contributed by atoms with E-state index in [0.717, 1.165) is 19.4 Å². The zero-order chi connectivity index (χ0) is 25.9. The SMILES string of the molecule is CCCCNC(=O)C1CCN(C(=O)c2ccc(NC(=O)C(C)C)cc2)CC1.O=C(O)C(F)(F)F. The van der Waals surface area contributed by atoms with Crippen LogP contribution in [0.4, 0.5) is 18.9 Å². The highest BCUT2D eigenvalue weighted by Gasteiger charge is 2.38. The van der Waals surface area contributed by atoms with Gasteiger partial charge in [0, 0.05) is 42.7 Å². The summed E-state index contributed by atoms with van der Waals surface area (Å²) < 4.78 is 31.7. The lowest BCUT2D eigenvalue weighted by molar-refractivity contribution is -0.192. The number of aliphatic carboxylic acids is 1. The van der Waals surface area contributed by atoms with Crippen LogP contribution in [0.25, 0.3) is 0 Å².